The van der Waals surface area contributed by atoms with E-state index >= 15 is 0 Å². The number of imide groups is 1. The van der Waals surface area contributed by atoms with Crippen LogP contribution in [0, 0.1) is 5.92 Å². The van der Waals surface area contributed by atoms with Crippen molar-refractivity contribution in [1.29, 1.82) is 0 Å². The van der Waals surface area contributed by atoms with Crippen LogP contribution in [0.5, 0.6) is 0 Å². The Labute approximate surface area is 114 Å². The summed E-state index contributed by atoms with van der Waals surface area (Å²) < 4.78 is 0. The fourth-order valence-corrected chi connectivity index (χ4v) is 1.97. The Bertz CT molecular complexity index is 275. The number of nitrogens with two attached hydrogens (primary N) is 1. The van der Waals surface area contributed by atoms with Gasteiger partial charge in [-0.1, -0.05) is 13.8 Å². The third-order valence-electron chi connectivity index (χ3n) is 1.97. The molecule has 0 aliphatic carbocycles. The lowest BCUT2D eigenvalue weighted by Crippen LogP contribution is -2.41. The Morgan fingerprint density at radius 1 is 1.33 bits per heavy atom. The van der Waals surface area contributed by atoms with Crippen molar-refractivity contribution in [3.63, 3.8) is 0 Å². The molecule has 106 valence electrons. The van der Waals surface area contributed by atoms with Gasteiger partial charge >= 0.3 is 6.03 Å². The van der Waals surface area contributed by atoms with Gasteiger partial charge in [0.15, 0.2) is 0 Å². The fraction of sp³-hybridized carbons (Fsp3) is 0.833. The standard InChI is InChI=1S/C12H25N3O2S/c1-9(2)5-6-14-11(17)15-10(16)7-18-8-12(3,4)13/h9H,5-8,13H2,1-4H3,(H2,14,15,16,17). The highest BCUT2D eigenvalue weighted by Gasteiger charge is 2.13. The molecule has 0 atom stereocenters. The molecule has 6 heteroatoms. The van der Waals surface area contributed by atoms with Crippen molar-refractivity contribution in [3.05, 3.63) is 0 Å². The lowest BCUT2D eigenvalue weighted by Gasteiger charge is -2.17. The first kappa shape index (κ1) is 17.2. The minimum atomic E-state index is -0.423. The summed E-state index contributed by atoms with van der Waals surface area (Å²) in [5.74, 6) is 1.17. The van der Waals surface area contributed by atoms with E-state index in [1.165, 1.54) is 11.8 Å². The van der Waals surface area contributed by atoms with Crippen molar-refractivity contribution in [2.24, 2.45) is 11.7 Å². The van der Waals surface area contributed by atoms with Crippen LogP contribution < -0.4 is 16.4 Å². The lowest BCUT2D eigenvalue weighted by molar-refractivity contribution is -0.117. The van der Waals surface area contributed by atoms with E-state index in [2.05, 4.69) is 24.5 Å². The molecule has 0 spiro atoms. The molecular weight excluding hydrogens is 250 g/mol. The van der Waals surface area contributed by atoms with Crippen LogP contribution in [0.15, 0.2) is 0 Å². The van der Waals surface area contributed by atoms with Crippen LogP contribution in [0.1, 0.15) is 34.1 Å². The summed E-state index contributed by atoms with van der Waals surface area (Å²) in [6, 6.07) is -0.423. The summed E-state index contributed by atoms with van der Waals surface area (Å²) in [6.07, 6.45) is 0.901. The van der Waals surface area contributed by atoms with Gasteiger partial charge in [0.25, 0.3) is 0 Å². The molecule has 3 amide bonds. The van der Waals surface area contributed by atoms with Crippen molar-refractivity contribution >= 4 is 23.7 Å². The number of carbonyl (C=O) groups is 2. The van der Waals surface area contributed by atoms with Gasteiger partial charge in [0.05, 0.1) is 5.75 Å². The maximum atomic E-state index is 11.4. The predicted octanol–water partition coefficient (Wildman–Crippen LogP) is 1.33. The molecule has 0 bridgehead atoms. The van der Waals surface area contributed by atoms with Crippen LogP contribution in [0.2, 0.25) is 0 Å². The monoisotopic (exact) mass is 275 g/mol. The van der Waals surface area contributed by atoms with E-state index in [1.807, 2.05) is 13.8 Å². The topological polar surface area (TPSA) is 84.2 Å². The predicted molar refractivity (Wildman–Crippen MR) is 76.6 cm³/mol. The van der Waals surface area contributed by atoms with Crippen LogP contribution in [0.4, 0.5) is 4.79 Å². The Hall–Kier alpha value is -0.750. The second-order valence-corrected chi connectivity index (χ2v) is 6.45. The second kappa shape index (κ2) is 8.37. The number of hydrogen-bond donors (Lipinski definition) is 3. The number of urea groups is 1. The van der Waals surface area contributed by atoms with Crippen LogP contribution in [0.3, 0.4) is 0 Å². The van der Waals surface area contributed by atoms with Crippen molar-refractivity contribution in [2.45, 2.75) is 39.7 Å². The summed E-state index contributed by atoms with van der Waals surface area (Å²) >= 11 is 1.42. The van der Waals surface area contributed by atoms with Crippen LogP contribution in [0.25, 0.3) is 0 Å². The van der Waals surface area contributed by atoms with E-state index in [0.717, 1.165) is 6.42 Å². The smallest absolute Gasteiger partial charge is 0.321 e. The van der Waals surface area contributed by atoms with Crippen LogP contribution in [-0.4, -0.2) is 35.5 Å². The number of carbonyl (C=O) groups excluding carboxylic acids is 2. The molecule has 0 radical (unpaired) electrons. The minimum Gasteiger partial charge on any atom is -0.338 e. The van der Waals surface area contributed by atoms with E-state index in [0.29, 0.717) is 18.2 Å². The van der Waals surface area contributed by atoms with Crippen molar-refractivity contribution in [1.82, 2.24) is 10.6 Å². The van der Waals surface area contributed by atoms with Crippen molar-refractivity contribution < 1.29 is 9.59 Å². The molecule has 0 aromatic carbocycles. The highest BCUT2D eigenvalue weighted by molar-refractivity contribution is 8.00. The highest BCUT2D eigenvalue weighted by Crippen LogP contribution is 2.08. The summed E-state index contributed by atoms with van der Waals surface area (Å²) in [5.41, 5.74) is 5.48. The van der Waals surface area contributed by atoms with Gasteiger partial charge in [-0.3, -0.25) is 10.1 Å². The Balaban J connectivity index is 3.65. The van der Waals surface area contributed by atoms with E-state index < -0.39 is 6.03 Å². The molecule has 0 aromatic heterocycles. The normalized spacial score (nSPS) is 11.4. The van der Waals surface area contributed by atoms with Gasteiger partial charge in [-0.15, -0.1) is 0 Å². The van der Waals surface area contributed by atoms with Crippen molar-refractivity contribution in [3.8, 4) is 0 Å². The molecule has 18 heavy (non-hydrogen) atoms. The van der Waals surface area contributed by atoms with Crippen molar-refractivity contribution in [2.75, 3.05) is 18.1 Å². The molecule has 0 unspecified atom stereocenters. The fourth-order valence-electron chi connectivity index (χ4n) is 1.09. The summed E-state index contributed by atoms with van der Waals surface area (Å²) in [5, 5.41) is 4.94. The molecule has 0 saturated heterocycles. The Kier molecular flexibility index (Phi) is 8.02. The third-order valence-corrected chi connectivity index (χ3v) is 3.38. The maximum absolute atomic E-state index is 11.4. The zero-order valence-electron chi connectivity index (χ0n) is 11.7. The number of hydrogen-bond acceptors (Lipinski definition) is 4. The molecule has 0 heterocycles. The average molecular weight is 275 g/mol. The molecule has 0 fully saturated rings. The minimum absolute atomic E-state index is 0.248. The Morgan fingerprint density at radius 2 is 1.94 bits per heavy atom. The van der Waals surface area contributed by atoms with Gasteiger partial charge in [0.2, 0.25) is 5.91 Å². The summed E-state index contributed by atoms with van der Waals surface area (Å²) in [7, 11) is 0. The Morgan fingerprint density at radius 3 is 2.44 bits per heavy atom. The van der Waals surface area contributed by atoms with Gasteiger partial charge in [0, 0.05) is 17.8 Å². The van der Waals surface area contributed by atoms with Gasteiger partial charge in [0.1, 0.15) is 0 Å². The molecule has 4 N–H and O–H groups in total. The zero-order chi connectivity index (χ0) is 14.2. The summed E-state index contributed by atoms with van der Waals surface area (Å²) in [4.78, 5) is 22.7. The van der Waals surface area contributed by atoms with E-state index in [9.17, 15) is 9.59 Å². The van der Waals surface area contributed by atoms with Gasteiger partial charge in [-0.2, -0.15) is 11.8 Å². The van der Waals surface area contributed by atoms with E-state index in [-0.39, 0.29) is 17.2 Å². The SMILES string of the molecule is CC(C)CCNC(=O)NC(=O)CSCC(C)(C)N. The molecule has 5 nitrogen and oxygen atoms in total. The van der Waals surface area contributed by atoms with Gasteiger partial charge in [-0.05, 0) is 26.2 Å². The second-order valence-electron chi connectivity index (χ2n) is 5.47. The summed E-state index contributed by atoms with van der Waals surface area (Å²) in [6.45, 7) is 8.54. The van der Waals surface area contributed by atoms with E-state index in [4.69, 9.17) is 5.73 Å². The molecule has 0 aliphatic rings. The lowest BCUT2D eigenvalue weighted by atomic mass is 10.1. The quantitative estimate of drug-likeness (QED) is 0.654. The average Bonchev–Trinajstić information content (AvgIpc) is 2.14. The first-order valence-electron chi connectivity index (χ1n) is 6.15. The largest absolute Gasteiger partial charge is 0.338 e. The molecule has 0 aromatic rings. The molecule has 0 aliphatic heterocycles. The van der Waals surface area contributed by atoms with Gasteiger partial charge in [-0.25, -0.2) is 4.79 Å². The number of nitrogens with one attached hydrogen (secondary N) is 2. The number of rotatable bonds is 7. The molecule has 0 saturated carbocycles. The van der Waals surface area contributed by atoms with Crippen LogP contribution >= 0.6 is 11.8 Å². The number of amides is 3. The highest BCUT2D eigenvalue weighted by atomic mass is 32.2. The maximum Gasteiger partial charge on any atom is 0.321 e. The first-order valence-corrected chi connectivity index (χ1v) is 7.30. The van der Waals surface area contributed by atoms with Gasteiger partial charge < -0.3 is 11.1 Å². The van der Waals surface area contributed by atoms with Crippen LogP contribution in [-0.2, 0) is 4.79 Å². The third kappa shape index (κ3) is 11.7. The first-order chi connectivity index (χ1) is 8.20. The van der Waals surface area contributed by atoms with E-state index in [1.54, 1.807) is 0 Å². The zero-order valence-corrected chi connectivity index (χ0v) is 12.5. The molecular formula is C12H25N3O2S. The number of thioether (sulfide) groups is 1. The molecule has 0 rings (SSSR count).